The molecule has 0 aliphatic carbocycles. The lowest BCUT2D eigenvalue weighted by Gasteiger charge is -2.12. The van der Waals surface area contributed by atoms with E-state index in [2.05, 4.69) is 0 Å². The van der Waals surface area contributed by atoms with Gasteiger partial charge in [0.1, 0.15) is 5.75 Å². The molecule has 0 spiro atoms. The molecular formula is C11H17NO2. The van der Waals surface area contributed by atoms with Crippen LogP contribution in [-0.2, 0) is 4.74 Å². The summed E-state index contributed by atoms with van der Waals surface area (Å²) in [5, 5.41) is 0. The van der Waals surface area contributed by atoms with Gasteiger partial charge in [0, 0.05) is 6.54 Å². The molecule has 0 aliphatic rings. The summed E-state index contributed by atoms with van der Waals surface area (Å²) in [6, 6.07) is 7.86. The first-order valence-corrected chi connectivity index (χ1v) is 4.73. The molecule has 0 bridgehead atoms. The average Bonchev–Trinajstić information content (AvgIpc) is 2.26. The number of rotatable bonds is 5. The van der Waals surface area contributed by atoms with E-state index in [-0.39, 0.29) is 6.10 Å². The van der Waals surface area contributed by atoms with Gasteiger partial charge in [-0.1, -0.05) is 12.1 Å². The largest absolute Gasteiger partial charge is 0.497 e. The van der Waals surface area contributed by atoms with E-state index in [1.54, 1.807) is 7.11 Å². The maximum Gasteiger partial charge on any atom is 0.118 e. The van der Waals surface area contributed by atoms with Crippen molar-refractivity contribution in [3.05, 3.63) is 29.8 Å². The summed E-state index contributed by atoms with van der Waals surface area (Å²) in [5.41, 5.74) is 6.49. The van der Waals surface area contributed by atoms with Gasteiger partial charge in [-0.3, -0.25) is 0 Å². The number of ether oxygens (including phenoxy) is 2. The van der Waals surface area contributed by atoms with E-state index in [0.29, 0.717) is 13.2 Å². The predicted octanol–water partition coefficient (Wildman–Crippen LogP) is 1.73. The Balaban J connectivity index is 2.57. The van der Waals surface area contributed by atoms with Crippen LogP contribution in [0.2, 0.25) is 0 Å². The molecule has 1 aromatic rings. The Bertz CT molecular complexity index is 258. The molecule has 0 fully saturated rings. The predicted molar refractivity (Wildman–Crippen MR) is 56.4 cm³/mol. The van der Waals surface area contributed by atoms with Crippen molar-refractivity contribution in [3.63, 3.8) is 0 Å². The van der Waals surface area contributed by atoms with Crippen LogP contribution >= 0.6 is 0 Å². The van der Waals surface area contributed by atoms with Gasteiger partial charge in [0.2, 0.25) is 0 Å². The minimum absolute atomic E-state index is 0.0875. The van der Waals surface area contributed by atoms with Crippen LogP contribution in [0.1, 0.15) is 18.6 Å². The van der Waals surface area contributed by atoms with Gasteiger partial charge in [0.15, 0.2) is 0 Å². The van der Waals surface area contributed by atoms with Crippen LogP contribution in [0.5, 0.6) is 5.75 Å². The molecule has 0 radical (unpaired) electrons. The summed E-state index contributed by atoms with van der Waals surface area (Å²) in [4.78, 5) is 0. The molecule has 0 aliphatic heterocycles. The Hall–Kier alpha value is -1.06. The average molecular weight is 195 g/mol. The van der Waals surface area contributed by atoms with Crippen molar-refractivity contribution in [2.45, 2.75) is 13.0 Å². The van der Waals surface area contributed by atoms with Crippen molar-refractivity contribution >= 4 is 0 Å². The molecule has 0 saturated carbocycles. The Morgan fingerprint density at radius 2 is 1.93 bits per heavy atom. The highest BCUT2D eigenvalue weighted by Crippen LogP contribution is 2.19. The van der Waals surface area contributed by atoms with E-state index in [1.807, 2.05) is 31.2 Å². The van der Waals surface area contributed by atoms with Crippen LogP contribution in [0.25, 0.3) is 0 Å². The maximum atomic E-state index is 5.48. The van der Waals surface area contributed by atoms with Crippen LogP contribution < -0.4 is 10.5 Å². The van der Waals surface area contributed by atoms with E-state index in [9.17, 15) is 0 Å². The lowest BCUT2D eigenvalue weighted by Crippen LogP contribution is -2.10. The molecule has 3 heteroatoms. The first kappa shape index (κ1) is 11.0. The quantitative estimate of drug-likeness (QED) is 0.778. The summed E-state index contributed by atoms with van der Waals surface area (Å²) in [5.74, 6) is 0.861. The summed E-state index contributed by atoms with van der Waals surface area (Å²) in [6.07, 6.45) is 0.0875. The Morgan fingerprint density at radius 1 is 1.29 bits per heavy atom. The zero-order valence-corrected chi connectivity index (χ0v) is 8.69. The summed E-state index contributed by atoms with van der Waals surface area (Å²) in [6.45, 7) is 3.16. The van der Waals surface area contributed by atoms with Crippen LogP contribution in [0, 0.1) is 0 Å². The Kier molecular flexibility index (Phi) is 4.43. The molecule has 0 aromatic heterocycles. The van der Waals surface area contributed by atoms with Gasteiger partial charge in [-0.2, -0.15) is 0 Å². The molecule has 1 atom stereocenters. The van der Waals surface area contributed by atoms with Gasteiger partial charge in [-0.25, -0.2) is 0 Å². The molecule has 3 nitrogen and oxygen atoms in total. The monoisotopic (exact) mass is 195 g/mol. The first-order chi connectivity index (χ1) is 6.77. The second-order valence-electron chi connectivity index (χ2n) is 3.07. The van der Waals surface area contributed by atoms with Crippen molar-refractivity contribution in [2.24, 2.45) is 5.73 Å². The standard InChI is InChI=1S/C11H17NO2/c1-9(14-8-7-12)10-3-5-11(13-2)6-4-10/h3-6,9H,7-8,12H2,1-2H3. The Morgan fingerprint density at radius 3 is 2.43 bits per heavy atom. The number of methoxy groups -OCH3 is 1. The van der Waals surface area contributed by atoms with Crippen LogP contribution in [0.4, 0.5) is 0 Å². The van der Waals surface area contributed by atoms with E-state index in [1.165, 1.54) is 0 Å². The summed E-state index contributed by atoms with van der Waals surface area (Å²) < 4.78 is 10.6. The van der Waals surface area contributed by atoms with Gasteiger partial charge in [0.05, 0.1) is 19.8 Å². The van der Waals surface area contributed by atoms with Crippen molar-refractivity contribution in [2.75, 3.05) is 20.3 Å². The second-order valence-corrected chi connectivity index (χ2v) is 3.07. The highest BCUT2D eigenvalue weighted by Gasteiger charge is 2.04. The molecule has 2 N–H and O–H groups in total. The molecule has 1 aromatic carbocycles. The molecule has 1 unspecified atom stereocenters. The van der Waals surface area contributed by atoms with E-state index >= 15 is 0 Å². The van der Waals surface area contributed by atoms with Crippen LogP contribution in [-0.4, -0.2) is 20.3 Å². The number of hydrogen-bond donors (Lipinski definition) is 1. The SMILES string of the molecule is COc1ccc(C(C)OCCN)cc1. The fourth-order valence-corrected chi connectivity index (χ4v) is 1.22. The molecule has 14 heavy (non-hydrogen) atoms. The number of hydrogen-bond acceptors (Lipinski definition) is 3. The van der Waals surface area contributed by atoms with Gasteiger partial charge >= 0.3 is 0 Å². The van der Waals surface area contributed by atoms with E-state index < -0.39 is 0 Å². The molecule has 0 saturated heterocycles. The number of nitrogens with two attached hydrogens (primary N) is 1. The van der Waals surface area contributed by atoms with Crippen molar-refractivity contribution in [1.29, 1.82) is 0 Å². The highest BCUT2D eigenvalue weighted by molar-refractivity contribution is 5.28. The fraction of sp³-hybridized carbons (Fsp3) is 0.455. The third-order valence-electron chi connectivity index (χ3n) is 2.07. The smallest absolute Gasteiger partial charge is 0.118 e. The van der Waals surface area contributed by atoms with E-state index in [0.717, 1.165) is 11.3 Å². The maximum absolute atomic E-state index is 5.48. The second kappa shape index (κ2) is 5.62. The third-order valence-corrected chi connectivity index (χ3v) is 2.07. The minimum Gasteiger partial charge on any atom is -0.497 e. The van der Waals surface area contributed by atoms with E-state index in [4.69, 9.17) is 15.2 Å². The molecule has 78 valence electrons. The number of benzene rings is 1. The van der Waals surface area contributed by atoms with Crippen molar-refractivity contribution < 1.29 is 9.47 Å². The summed E-state index contributed by atoms with van der Waals surface area (Å²) >= 11 is 0. The van der Waals surface area contributed by atoms with Crippen molar-refractivity contribution in [1.82, 2.24) is 0 Å². The minimum atomic E-state index is 0.0875. The van der Waals surface area contributed by atoms with Gasteiger partial charge in [-0.05, 0) is 24.6 Å². The van der Waals surface area contributed by atoms with Crippen LogP contribution in [0.3, 0.4) is 0 Å². The third kappa shape index (κ3) is 3.01. The molecule has 1 rings (SSSR count). The highest BCUT2D eigenvalue weighted by atomic mass is 16.5. The van der Waals surface area contributed by atoms with Gasteiger partial charge in [0.25, 0.3) is 0 Å². The zero-order chi connectivity index (χ0) is 10.4. The van der Waals surface area contributed by atoms with Gasteiger partial charge < -0.3 is 15.2 Å². The lowest BCUT2D eigenvalue weighted by atomic mass is 10.1. The van der Waals surface area contributed by atoms with Crippen LogP contribution in [0.15, 0.2) is 24.3 Å². The van der Waals surface area contributed by atoms with Crippen molar-refractivity contribution in [3.8, 4) is 5.75 Å². The molecular weight excluding hydrogens is 178 g/mol. The molecule has 0 heterocycles. The molecule has 0 amide bonds. The Labute approximate surface area is 84.8 Å². The first-order valence-electron chi connectivity index (χ1n) is 4.73. The topological polar surface area (TPSA) is 44.5 Å². The lowest BCUT2D eigenvalue weighted by molar-refractivity contribution is 0.0718. The summed E-state index contributed by atoms with van der Waals surface area (Å²) in [7, 11) is 1.66. The fourth-order valence-electron chi connectivity index (χ4n) is 1.22. The normalized spacial score (nSPS) is 12.5. The van der Waals surface area contributed by atoms with Gasteiger partial charge in [-0.15, -0.1) is 0 Å². The zero-order valence-electron chi connectivity index (χ0n) is 8.69.